The van der Waals surface area contributed by atoms with Crippen LogP contribution in [-0.2, 0) is 28.8 Å². The van der Waals surface area contributed by atoms with Gasteiger partial charge < -0.3 is 14.5 Å². The molecular formula is C19H25N3O2S. The molecule has 0 unspecified atom stereocenters. The Balaban J connectivity index is 1.51. The lowest BCUT2D eigenvalue weighted by Gasteiger charge is -2.33. The number of hydrogen-bond acceptors (Lipinski definition) is 6. The molecule has 0 radical (unpaired) electrons. The van der Waals surface area contributed by atoms with Crippen LogP contribution in [0.2, 0.25) is 0 Å². The summed E-state index contributed by atoms with van der Waals surface area (Å²) >= 11 is 1.68. The highest BCUT2D eigenvalue weighted by Crippen LogP contribution is 2.20. The number of nitrogens with zero attached hydrogens (tertiary/aromatic N) is 3. The first-order chi connectivity index (χ1) is 12.1. The highest BCUT2D eigenvalue weighted by atomic mass is 32.1. The zero-order chi connectivity index (χ0) is 17.6. The third-order valence-corrected chi connectivity index (χ3v) is 5.71. The molecule has 0 bridgehead atoms. The first-order valence-electron chi connectivity index (χ1n) is 8.67. The molecule has 1 fully saturated rings. The van der Waals surface area contributed by atoms with Crippen molar-refractivity contribution >= 4 is 23.0 Å². The van der Waals surface area contributed by atoms with Crippen molar-refractivity contribution in [3.63, 3.8) is 0 Å². The number of aryl methyl sites for hydroxylation is 2. The number of aromatic nitrogens is 1. The maximum atomic E-state index is 11.3. The number of methoxy groups -OCH3 is 1. The van der Waals surface area contributed by atoms with Crippen molar-refractivity contribution in [1.29, 1.82) is 0 Å². The Kier molecular flexibility index (Phi) is 6.04. The first kappa shape index (κ1) is 17.9. The van der Waals surface area contributed by atoms with Gasteiger partial charge >= 0.3 is 5.97 Å². The molecule has 25 heavy (non-hydrogen) atoms. The summed E-state index contributed by atoms with van der Waals surface area (Å²) in [6.45, 7) is 4.34. The van der Waals surface area contributed by atoms with E-state index in [2.05, 4.69) is 40.0 Å². The van der Waals surface area contributed by atoms with E-state index in [1.807, 2.05) is 12.3 Å². The van der Waals surface area contributed by atoms with E-state index in [4.69, 9.17) is 4.74 Å². The summed E-state index contributed by atoms with van der Waals surface area (Å²) in [7, 11) is 3.59. The Morgan fingerprint density at radius 2 is 1.88 bits per heavy atom. The number of pyridine rings is 1. The largest absolute Gasteiger partial charge is 0.469 e. The predicted octanol–water partition coefficient (Wildman–Crippen LogP) is 2.40. The highest BCUT2D eigenvalue weighted by molar-refractivity contribution is 7.12. The molecule has 5 nitrogen and oxygen atoms in total. The van der Waals surface area contributed by atoms with Gasteiger partial charge in [-0.15, -0.1) is 11.3 Å². The fourth-order valence-electron chi connectivity index (χ4n) is 2.93. The predicted molar refractivity (Wildman–Crippen MR) is 101 cm³/mol. The Labute approximate surface area is 153 Å². The topological polar surface area (TPSA) is 45.7 Å². The minimum absolute atomic E-state index is 0.186. The zero-order valence-electron chi connectivity index (χ0n) is 14.9. The lowest BCUT2D eigenvalue weighted by atomic mass is 10.2. The third kappa shape index (κ3) is 5.03. The van der Waals surface area contributed by atoms with E-state index in [9.17, 15) is 4.79 Å². The third-order valence-electron chi connectivity index (χ3n) is 4.57. The quantitative estimate of drug-likeness (QED) is 0.741. The van der Waals surface area contributed by atoms with Crippen molar-refractivity contribution in [2.75, 3.05) is 45.2 Å². The molecule has 134 valence electrons. The summed E-state index contributed by atoms with van der Waals surface area (Å²) in [5.41, 5.74) is 2.33. The van der Waals surface area contributed by atoms with Gasteiger partial charge in [0.15, 0.2) is 0 Å². The molecule has 1 aliphatic heterocycles. The maximum absolute atomic E-state index is 11.3. The van der Waals surface area contributed by atoms with Gasteiger partial charge in [-0.05, 0) is 44.2 Å². The van der Waals surface area contributed by atoms with Gasteiger partial charge in [0.1, 0.15) is 0 Å². The van der Waals surface area contributed by atoms with Crippen LogP contribution in [0, 0.1) is 0 Å². The zero-order valence-corrected chi connectivity index (χ0v) is 15.7. The number of likely N-dealkylation sites (N-methyl/N-ethyl adjacent to an activating group) is 1. The van der Waals surface area contributed by atoms with Crippen molar-refractivity contribution in [3.8, 4) is 0 Å². The maximum Gasteiger partial charge on any atom is 0.310 e. The van der Waals surface area contributed by atoms with Gasteiger partial charge in [0.2, 0.25) is 0 Å². The van der Waals surface area contributed by atoms with E-state index < -0.39 is 0 Å². The minimum atomic E-state index is -0.186. The molecule has 3 heterocycles. The summed E-state index contributed by atoms with van der Waals surface area (Å²) in [5.74, 6) is -0.186. The average Bonchev–Trinajstić information content (AvgIpc) is 3.08. The fourth-order valence-corrected chi connectivity index (χ4v) is 3.94. The molecule has 1 aliphatic rings. The monoisotopic (exact) mass is 359 g/mol. The molecule has 2 aromatic rings. The Morgan fingerprint density at radius 3 is 2.56 bits per heavy atom. The Bertz CT molecular complexity index is 691. The van der Waals surface area contributed by atoms with Crippen LogP contribution in [0.15, 0.2) is 30.5 Å². The van der Waals surface area contributed by atoms with E-state index in [0.29, 0.717) is 6.42 Å². The van der Waals surface area contributed by atoms with E-state index in [0.717, 1.165) is 49.6 Å². The van der Waals surface area contributed by atoms with Crippen molar-refractivity contribution in [2.24, 2.45) is 0 Å². The highest BCUT2D eigenvalue weighted by Gasteiger charge is 2.14. The lowest BCUT2D eigenvalue weighted by Crippen LogP contribution is -2.44. The second-order valence-corrected chi connectivity index (χ2v) is 7.67. The molecule has 0 aliphatic carbocycles. The molecule has 0 N–H and O–H groups in total. The molecule has 0 atom stereocenters. The Morgan fingerprint density at radius 1 is 1.12 bits per heavy atom. The molecule has 0 saturated carbocycles. The van der Waals surface area contributed by atoms with Crippen LogP contribution in [0.1, 0.15) is 15.4 Å². The molecular weight excluding hydrogens is 334 g/mol. The second-order valence-electron chi connectivity index (χ2n) is 6.42. The van der Waals surface area contributed by atoms with Crippen LogP contribution in [-0.4, -0.2) is 56.2 Å². The van der Waals surface area contributed by atoms with E-state index >= 15 is 0 Å². The number of rotatable bonds is 6. The van der Waals surface area contributed by atoms with Crippen LogP contribution < -0.4 is 4.90 Å². The van der Waals surface area contributed by atoms with E-state index in [-0.39, 0.29) is 5.97 Å². The minimum Gasteiger partial charge on any atom is -0.469 e. The number of carbonyl (C=O) groups is 1. The van der Waals surface area contributed by atoms with Crippen LogP contribution in [0.25, 0.3) is 0 Å². The molecule has 0 amide bonds. The number of carbonyl (C=O) groups excluding carboxylic acids is 1. The molecule has 2 aromatic heterocycles. The molecule has 3 rings (SSSR count). The number of ether oxygens (including phenoxy) is 1. The number of anilines is 1. The first-order valence-corrected chi connectivity index (χ1v) is 9.48. The fraction of sp³-hybridized carbons (Fsp3) is 0.474. The number of thiophene rings is 1. The van der Waals surface area contributed by atoms with Gasteiger partial charge in [0.05, 0.1) is 25.4 Å². The summed E-state index contributed by atoms with van der Waals surface area (Å²) in [4.78, 5) is 23.0. The second kappa shape index (κ2) is 8.45. The number of piperazine rings is 1. The van der Waals surface area contributed by atoms with Gasteiger partial charge in [0, 0.05) is 41.6 Å². The van der Waals surface area contributed by atoms with E-state index in [1.54, 1.807) is 11.3 Å². The smallest absolute Gasteiger partial charge is 0.310 e. The van der Waals surface area contributed by atoms with Gasteiger partial charge in [-0.25, -0.2) is 0 Å². The Hall–Kier alpha value is -1.92. The summed E-state index contributed by atoms with van der Waals surface area (Å²) in [5, 5.41) is 0. The summed E-state index contributed by atoms with van der Waals surface area (Å²) in [6.07, 6.45) is 4.23. The molecule has 0 aromatic carbocycles. The van der Waals surface area contributed by atoms with Crippen molar-refractivity contribution in [2.45, 2.75) is 19.3 Å². The van der Waals surface area contributed by atoms with Crippen molar-refractivity contribution in [1.82, 2.24) is 9.88 Å². The van der Waals surface area contributed by atoms with Crippen LogP contribution in [0.3, 0.4) is 0 Å². The SMILES string of the molecule is COC(=O)Cc1ccc(CCc2ccc(N3CCN(C)CC3)cn2)s1. The van der Waals surface area contributed by atoms with Gasteiger partial charge in [-0.2, -0.15) is 0 Å². The molecule has 6 heteroatoms. The van der Waals surface area contributed by atoms with Gasteiger partial charge in [-0.3, -0.25) is 9.78 Å². The number of esters is 1. The standard InChI is InChI=1S/C19H25N3O2S/c1-21-9-11-22(12-10-21)16-5-3-15(20-14-16)4-6-17-7-8-18(25-17)13-19(23)24-2/h3,5,7-8,14H,4,6,9-13H2,1-2H3. The van der Waals surface area contributed by atoms with Crippen LogP contribution in [0.5, 0.6) is 0 Å². The number of hydrogen-bond donors (Lipinski definition) is 0. The van der Waals surface area contributed by atoms with Crippen molar-refractivity contribution in [3.05, 3.63) is 45.9 Å². The van der Waals surface area contributed by atoms with E-state index in [1.165, 1.54) is 17.7 Å². The van der Waals surface area contributed by atoms with Gasteiger partial charge in [-0.1, -0.05) is 0 Å². The normalized spacial score (nSPS) is 15.4. The molecule has 1 saturated heterocycles. The average molecular weight is 359 g/mol. The lowest BCUT2D eigenvalue weighted by molar-refractivity contribution is -0.139. The molecule has 0 spiro atoms. The van der Waals surface area contributed by atoms with Crippen molar-refractivity contribution < 1.29 is 9.53 Å². The summed E-state index contributed by atoms with van der Waals surface area (Å²) in [6, 6.07) is 8.43. The van der Waals surface area contributed by atoms with Crippen LogP contribution >= 0.6 is 11.3 Å². The summed E-state index contributed by atoms with van der Waals surface area (Å²) < 4.78 is 4.71. The van der Waals surface area contributed by atoms with Crippen LogP contribution in [0.4, 0.5) is 5.69 Å². The van der Waals surface area contributed by atoms with Gasteiger partial charge in [0.25, 0.3) is 0 Å².